The summed E-state index contributed by atoms with van der Waals surface area (Å²) in [6, 6.07) is 12.4. The third kappa shape index (κ3) is 1.97. The SMILES string of the molecule is Cn1nc(-c2ccccc2)cc1C(=O)N1C[C@@H]2CCC[C@@H]21. The lowest BCUT2D eigenvalue weighted by atomic mass is 9.91. The van der Waals surface area contributed by atoms with Crippen molar-refractivity contribution in [3.05, 3.63) is 42.1 Å². The van der Waals surface area contributed by atoms with E-state index < -0.39 is 0 Å². The largest absolute Gasteiger partial charge is 0.334 e. The molecule has 0 unspecified atom stereocenters. The molecule has 4 heteroatoms. The fourth-order valence-electron chi connectivity index (χ4n) is 3.69. The van der Waals surface area contributed by atoms with Gasteiger partial charge in [0.2, 0.25) is 0 Å². The van der Waals surface area contributed by atoms with Gasteiger partial charge in [-0.25, -0.2) is 0 Å². The Balaban J connectivity index is 1.61. The van der Waals surface area contributed by atoms with Gasteiger partial charge in [-0.3, -0.25) is 9.48 Å². The van der Waals surface area contributed by atoms with Gasteiger partial charge in [-0.1, -0.05) is 36.8 Å². The minimum Gasteiger partial charge on any atom is -0.334 e. The van der Waals surface area contributed by atoms with Crippen molar-refractivity contribution in [2.75, 3.05) is 6.54 Å². The highest BCUT2D eigenvalue weighted by molar-refractivity contribution is 5.94. The van der Waals surface area contributed by atoms with E-state index in [9.17, 15) is 4.79 Å². The number of likely N-dealkylation sites (tertiary alicyclic amines) is 1. The molecule has 0 N–H and O–H groups in total. The van der Waals surface area contributed by atoms with E-state index in [-0.39, 0.29) is 5.91 Å². The summed E-state index contributed by atoms with van der Waals surface area (Å²) < 4.78 is 1.72. The van der Waals surface area contributed by atoms with Crippen molar-refractivity contribution < 1.29 is 4.79 Å². The summed E-state index contributed by atoms with van der Waals surface area (Å²) in [6.07, 6.45) is 3.72. The number of aromatic nitrogens is 2. The first kappa shape index (κ1) is 12.6. The minimum absolute atomic E-state index is 0.135. The van der Waals surface area contributed by atoms with E-state index in [1.165, 1.54) is 19.3 Å². The second-order valence-corrected chi connectivity index (χ2v) is 6.12. The summed E-state index contributed by atoms with van der Waals surface area (Å²) in [4.78, 5) is 14.7. The number of carbonyl (C=O) groups excluding carboxylic acids is 1. The molecule has 1 saturated carbocycles. The monoisotopic (exact) mass is 281 g/mol. The molecule has 1 saturated heterocycles. The number of carbonyl (C=O) groups is 1. The van der Waals surface area contributed by atoms with Crippen LogP contribution < -0.4 is 0 Å². The Kier molecular flexibility index (Phi) is 2.84. The number of amides is 1. The van der Waals surface area contributed by atoms with Crippen LogP contribution in [-0.4, -0.2) is 33.2 Å². The second-order valence-electron chi connectivity index (χ2n) is 6.12. The van der Waals surface area contributed by atoms with Crippen molar-refractivity contribution in [1.29, 1.82) is 0 Å². The number of rotatable bonds is 2. The molecule has 2 aliphatic rings. The maximum absolute atomic E-state index is 12.7. The van der Waals surface area contributed by atoms with Gasteiger partial charge in [0.25, 0.3) is 5.91 Å². The van der Waals surface area contributed by atoms with E-state index in [1.54, 1.807) is 4.68 Å². The van der Waals surface area contributed by atoms with Crippen molar-refractivity contribution in [2.24, 2.45) is 13.0 Å². The number of hydrogen-bond donors (Lipinski definition) is 0. The van der Waals surface area contributed by atoms with E-state index in [1.807, 2.05) is 48.3 Å². The Morgan fingerprint density at radius 3 is 2.81 bits per heavy atom. The molecule has 2 fully saturated rings. The van der Waals surface area contributed by atoms with Crippen molar-refractivity contribution >= 4 is 5.91 Å². The van der Waals surface area contributed by atoms with Crippen LogP contribution in [0.15, 0.2) is 36.4 Å². The Hall–Kier alpha value is -2.10. The average molecular weight is 281 g/mol. The van der Waals surface area contributed by atoms with Gasteiger partial charge in [-0.15, -0.1) is 0 Å². The fraction of sp³-hybridized carbons (Fsp3) is 0.412. The number of aryl methyl sites for hydroxylation is 1. The lowest BCUT2D eigenvalue weighted by molar-refractivity contribution is 0.0259. The molecule has 0 bridgehead atoms. The molecule has 2 aromatic rings. The molecular weight excluding hydrogens is 262 g/mol. The molecule has 4 nitrogen and oxygen atoms in total. The van der Waals surface area contributed by atoms with Gasteiger partial charge in [0, 0.05) is 25.2 Å². The number of fused-ring (bicyclic) bond motifs is 1. The van der Waals surface area contributed by atoms with Gasteiger partial charge in [0.05, 0.1) is 5.69 Å². The van der Waals surface area contributed by atoms with Crippen LogP contribution in [0, 0.1) is 5.92 Å². The molecule has 1 aromatic heterocycles. The zero-order chi connectivity index (χ0) is 14.4. The summed E-state index contributed by atoms with van der Waals surface area (Å²) in [6.45, 7) is 0.926. The molecule has 0 radical (unpaired) electrons. The quantitative estimate of drug-likeness (QED) is 0.849. The second kappa shape index (κ2) is 4.72. The first-order valence-corrected chi connectivity index (χ1v) is 7.64. The lowest BCUT2D eigenvalue weighted by Crippen LogP contribution is -2.56. The van der Waals surface area contributed by atoms with Crippen molar-refractivity contribution in [3.8, 4) is 11.3 Å². The van der Waals surface area contributed by atoms with Crippen molar-refractivity contribution in [2.45, 2.75) is 25.3 Å². The van der Waals surface area contributed by atoms with Gasteiger partial charge in [0.1, 0.15) is 5.69 Å². The fourth-order valence-corrected chi connectivity index (χ4v) is 3.69. The Labute approximate surface area is 124 Å². The normalized spacial score (nSPS) is 23.8. The summed E-state index contributed by atoms with van der Waals surface area (Å²) in [7, 11) is 1.85. The zero-order valence-corrected chi connectivity index (χ0v) is 12.2. The van der Waals surface area contributed by atoms with E-state index in [0.717, 1.165) is 23.7 Å². The summed E-state index contributed by atoms with van der Waals surface area (Å²) in [5.41, 5.74) is 2.61. The molecule has 1 aliphatic heterocycles. The Morgan fingerprint density at radius 1 is 1.24 bits per heavy atom. The van der Waals surface area contributed by atoms with Gasteiger partial charge in [-0.05, 0) is 24.8 Å². The molecular formula is C17H19N3O. The smallest absolute Gasteiger partial charge is 0.272 e. The molecule has 1 aromatic carbocycles. The number of hydrogen-bond acceptors (Lipinski definition) is 2. The molecule has 4 rings (SSSR count). The first-order valence-electron chi connectivity index (χ1n) is 7.64. The highest BCUT2D eigenvalue weighted by atomic mass is 16.2. The average Bonchev–Trinajstić information content (AvgIpc) is 3.04. The zero-order valence-electron chi connectivity index (χ0n) is 12.2. The van der Waals surface area contributed by atoms with E-state index in [2.05, 4.69) is 5.10 Å². The topological polar surface area (TPSA) is 38.1 Å². The van der Waals surface area contributed by atoms with E-state index in [4.69, 9.17) is 0 Å². The van der Waals surface area contributed by atoms with Crippen LogP contribution in [0.4, 0.5) is 0 Å². The maximum Gasteiger partial charge on any atom is 0.272 e. The molecule has 1 aliphatic carbocycles. The van der Waals surface area contributed by atoms with Crippen LogP contribution in [0.5, 0.6) is 0 Å². The van der Waals surface area contributed by atoms with E-state index >= 15 is 0 Å². The van der Waals surface area contributed by atoms with Crippen LogP contribution in [0.25, 0.3) is 11.3 Å². The predicted octanol–water partition coefficient (Wildman–Crippen LogP) is 2.71. The van der Waals surface area contributed by atoms with Crippen LogP contribution >= 0.6 is 0 Å². The van der Waals surface area contributed by atoms with Crippen molar-refractivity contribution in [1.82, 2.24) is 14.7 Å². The third-order valence-electron chi connectivity index (χ3n) is 4.88. The molecule has 2 atom stereocenters. The van der Waals surface area contributed by atoms with Gasteiger partial charge in [-0.2, -0.15) is 5.10 Å². The predicted molar refractivity (Wildman–Crippen MR) is 80.8 cm³/mol. The highest BCUT2D eigenvalue weighted by Crippen LogP contribution is 2.39. The molecule has 0 spiro atoms. The maximum atomic E-state index is 12.7. The van der Waals surface area contributed by atoms with Crippen molar-refractivity contribution in [3.63, 3.8) is 0 Å². The van der Waals surface area contributed by atoms with Crippen LogP contribution in [-0.2, 0) is 7.05 Å². The van der Waals surface area contributed by atoms with Crippen LogP contribution in [0.2, 0.25) is 0 Å². The van der Waals surface area contributed by atoms with Crippen LogP contribution in [0.1, 0.15) is 29.8 Å². The minimum atomic E-state index is 0.135. The number of nitrogens with zero attached hydrogens (tertiary/aromatic N) is 3. The van der Waals surface area contributed by atoms with Gasteiger partial charge in [0.15, 0.2) is 0 Å². The molecule has 2 heterocycles. The highest BCUT2D eigenvalue weighted by Gasteiger charge is 2.45. The molecule has 1 amide bonds. The number of benzene rings is 1. The Bertz CT molecular complexity index is 677. The van der Waals surface area contributed by atoms with Gasteiger partial charge < -0.3 is 4.90 Å². The summed E-state index contributed by atoms with van der Waals surface area (Å²) in [5.74, 6) is 0.881. The first-order chi connectivity index (χ1) is 10.2. The Morgan fingerprint density at radius 2 is 2.05 bits per heavy atom. The van der Waals surface area contributed by atoms with E-state index in [0.29, 0.717) is 11.7 Å². The summed E-state index contributed by atoms with van der Waals surface area (Å²) in [5, 5.41) is 4.50. The molecule has 108 valence electrons. The summed E-state index contributed by atoms with van der Waals surface area (Å²) >= 11 is 0. The van der Waals surface area contributed by atoms with Gasteiger partial charge >= 0.3 is 0 Å². The standard InChI is InChI=1S/C17H19N3O/c1-19-16(10-14(18-19)12-6-3-2-4-7-12)17(21)20-11-13-8-5-9-15(13)20/h2-4,6-7,10,13,15H,5,8-9,11H2,1H3/t13-,15-/m0/s1. The third-order valence-corrected chi connectivity index (χ3v) is 4.88. The van der Waals surface area contributed by atoms with Crippen LogP contribution in [0.3, 0.4) is 0 Å². The molecule has 21 heavy (non-hydrogen) atoms. The lowest BCUT2D eigenvalue weighted by Gasteiger charge is -2.44.